The van der Waals surface area contributed by atoms with Gasteiger partial charge in [0, 0.05) is 0 Å². The molecule has 0 amide bonds. The largest absolute Gasteiger partial charge is 0.494 e. The Morgan fingerprint density at radius 2 is 1.49 bits per heavy atom. The number of ether oxygens (including phenoxy) is 1. The molecule has 2 heteroatoms. The Morgan fingerprint density at radius 3 is 2.09 bits per heavy atom. The first kappa shape index (κ1) is 29.7. The van der Waals surface area contributed by atoms with Crippen LogP contribution in [0.3, 0.4) is 0 Å². The smallest absolute Gasteiger partial charge is 0.119 e. The van der Waals surface area contributed by atoms with Crippen LogP contribution in [0.5, 0.6) is 5.75 Å². The van der Waals surface area contributed by atoms with Gasteiger partial charge in [-0.05, 0) is 74.0 Å². The van der Waals surface area contributed by atoms with Gasteiger partial charge in [0.05, 0.1) is 18.1 Å². The highest BCUT2D eigenvalue weighted by atomic mass is 16.5. The van der Waals surface area contributed by atoms with Crippen molar-refractivity contribution in [3.8, 4) is 11.8 Å². The Labute approximate surface area is 218 Å². The van der Waals surface area contributed by atoms with Crippen molar-refractivity contribution >= 4 is 0 Å². The molecule has 1 atom stereocenters. The van der Waals surface area contributed by atoms with E-state index in [1.54, 1.807) is 0 Å². The Morgan fingerprint density at radius 1 is 0.857 bits per heavy atom. The van der Waals surface area contributed by atoms with Crippen molar-refractivity contribution in [3.63, 3.8) is 0 Å². The lowest BCUT2D eigenvalue weighted by Crippen LogP contribution is -2.25. The monoisotopic (exact) mass is 481 g/mol. The zero-order chi connectivity index (χ0) is 25.4. The number of benzene rings is 1. The predicted octanol–water partition coefficient (Wildman–Crippen LogP) is 10.6. The van der Waals surface area contributed by atoms with Gasteiger partial charge in [-0.25, -0.2) is 0 Å². The van der Waals surface area contributed by atoms with E-state index < -0.39 is 0 Å². The number of nitrogens with zero attached hydrogens (tertiary/aromatic N) is 1. The number of unbranched alkanes of at least 4 members (excludes halogenated alkanes) is 7. The minimum Gasteiger partial charge on any atom is -0.494 e. The van der Waals surface area contributed by atoms with Crippen molar-refractivity contribution < 1.29 is 4.74 Å². The summed E-state index contributed by atoms with van der Waals surface area (Å²) in [7, 11) is 0. The molecule has 0 N–H and O–H groups in total. The highest BCUT2D eigenvalue weighted by Gasteiger charge is 2.35. The van der Waals surface area contributed by atoms with Crippen LogP contribution in [-0.4, -0.2) is 6.61 Å². The van der Waals surface area contributed by atoms with Crippen LogP contribution in [0.15, 0.2) is 24.3 Å². The maximum atomic E-state index is 9.96. The van der Waals surface area contributed by atoms with Gasteiger partial charge in [0.1, 0.15) is 5.75 Å². The van der Waals surface area contributed by atoms with E-state index >= 15 is 0 Å². The topological polar surface area (TPSA) is 33.0 Å². The molecule has 1 aliphatic carbocycles. The van der Waals surface area contributed by atoms with Crippen LogP contribution in [0.25, 0.3) is 0 Å². The molecular formula is C33H55NO. The van der Waals surface area contributed by atoms with Crippen LogP contribution >= 0.6 is 0 Å². The van der Waals surface area contributed by atoms with Gasteiger partial charge in [0.15, 0.2) is 0 Å². The highest BCUT2D eigenvalue weighted by molar-refractivity contribution is 5.30. The van der Waals surface area contributed by atoms with Crippen molar-refractivity contribution in [2.45, 2.75) is 143 Å². The second-order valence-corrected chi connectivity index (χ2v) is 12.0. The molecule has 35 heavy (non-hydrogen) atoms. The molecule has 0 heterocycles. The Balaban J connectivity index is 1.65. The Hall–Kier alpha value is -1.49. The molecule has 1 aromatic rings. The second-order valence-electron chi connectivity index (χ2n) is 12.0. The van der Waals surface area contributed by atoms with Gasteiger partial charge in [0.25, 0.3) is 0 Å². The van der Waals surface area contributed by atoms with Gasteiger partial charge in [-0.2, -0.15) is 5.26 Å². The van der Waals surface area contributed by atoms with E-state index in [9.17, 15) is 5.26 Å². The molecule has 1 fully saturated rings. The Bertz CT molecular complexity index is 693. The van der Waals surface area contributed by atoms with Gasteiger partial charge < -0.3 is 4.74 Å². The lowest BCUT2D eigenvalue weighted by atomic mass is 9.67. The number of hydrogen-bond acceptors (Lipinski definition) is 2. The van der Waals surface area contributed by atoms with E-state index in [4.69, 9.17) is 4.74 Å². The fourth-order valence-electron chi connectivity index (χ4n) is 5.75. The molecule has 1 saturated carbocycles. The van der Waals surface area contributed by atoms with E-state index in [0.717, 1.165) is 62.7 Å². The van der Waals surface area contributed by atoms with Crippen molar-refractivity contribution in [2.24, 2.45) is 17.3 Å². The molecule has 0 spiro atoms. The van der Waals surface area contributed by atoms with Gasteiger partial charge in [-0.3, -0.25) is 0 Å². The minimum absolute atomic E-state index is 0.0619. The summed E-state index contributed by atoms with van der Waals surface area (Å²) in [6.45, 7) is 10.1. The summed E-state index contributed by atoms with van der Waals surface area (Å²) in [5.41, 5.74) is 1.37. The van der Waals surface area contributed by atoms with Gasteiger partial charge in [0.2, 0.25) is 0 Å². The summed E-state index contributed by atoms with van der Waals surface area (Å²) in [5.74, 6) is 3.15. The van der Waals surface area contributed by atoms with Crippen molar-refractivity contribution in [1.29, 1.82) is 5.26 Å². The second kappa shape index (κ2) is 17.1. The van der Waals surface area contributed by atoms with Crippen LogP contribution in [0.1, 0.15) is 148 Å². The number of nitriles is 1. The van der Waals surface area contributed by atoms with Gasteiger partial charge >= 0.3 is 0 Å². The third-order valence-corrected chi connectivity index (χ3v) is 8.40. The van der Waals surface area contributed by atoms with Crippen molar-refractivity contribution in [1.82, 2.24) is 0 Å². The average molecular weight is 482 g/mol. The van der Waals surface area contributed by atoms with Crippen LogP contribution in [-0.2, 0) is 0 Å². The lowest BCUT2D eigenvalue weighted by molar-refractivity contribution is 0.222. The molecule has 2 rings (SSSR count). The fraction of sp³-hybridized carbons (Fsp3) is 0.788. The first-order chi connectivity index (χ1) is 17.0. The number of rotatable bonds is 18. The number of hydrogen-bond donors (Lipinski definition) is 0. The quantitative estimate of drug-likeness (QED) is 0.195. The molecule has 1 aliphatic rings. The van der Waals surface area contributed by atoms with Crippen LogP contribution in [0.2, 0.25) is 0 Å². The molecular weight excluding hydrogens is 426 g/mol. The molecule has 1 aromatic carbocycles. The fourth-order valence-corrected chi connectivity index (χ4v) is 5.75. The lowest BCUT2D eigenvalue weighted by Gasteiger charge is -2.35. The predicted molar refractivity (Wildman–Crippen MR) is 151 cm³/mol. The summed E-state index contributed by atoms with van der Waals surface area (Å²) < 4.78 is 6.05. The molecule has 0 radical (unpaired) electrons. The summed E-state index contributed by atoms with van der Waals surface area (Å²) in [6, 6.07) is 11.6. The summed E-state index contributed by atoms with van der Waals surface area (Å²) in [6.07, 6.45) is 21.4. The standard InChI is InChI=1S/C33H55NO/c1-5-6-7-8-9-10-11-12-23-33(27-34)24-20-31(21-25-33)30-16-18-32(19-17-30)35-26-22-29(4)15-13-14-28(2)3/h16-19,28-29,31H,5-15,20-26H2,1-4H3. The molecule has 0 aromatic heterocycles. The molecule has 198 valence electrons. The normalized spacial score (nSPS) is 21.1. The van der Waals surface area contributed by atoms with E-state index in [1.165, 1.54) is 76.2 Å². The molecule has 0 saturated heterocycles. The first-order valence-corrected chi connectivity index (χ1v) is 15.1. The zero-order valence-electron chi connectivity index (χ0n) is 23.6. The van der Waals surface area contributed by atoms with Crippen LogP contribution in [0.4, 0.5) is 0 Å². The van der Waals surface area contributed by atoms with Crippen LogP contribution in [0, 0.1) is 28.6 Å². The van der Waals surface area contributed by atoms with E-state index in [-0.39, 0.29) is 5.41 Å². The molecule has 1 unspecified atom stereocenters. The minimum atomic E-state index is -0.0619. The van der Waals surface area contributed by atoms with E-state index in [1.807, 2.05) is 0 Å². The Kier molecular flexibility index (Phi) is 14.5. The molecule has 0 aliphatic heterocycles. The molecule has 0 bridgehead atoms. The van der Waals surface area contributed by atoms with E-state index in [0.29, 0.717) is 5.92 Å². The third-order valence-electron chi connectivity index (χ3n) is 8.40. The third kappa shape index (κ3) is 11.9. The average Bonchev–Trinajstić information content (AvgIpc) is 2.86. The summed E-state index contributed by atoms with van der Waals surface area (Å²) in [4.78, 5) is 0. The summed E-state index contributed by atoms with van der Waals surface area (Å²) >= 11 is 0. The maximum Gasteiger partial charge on any atom is 0.119 e. The maximum absolute atomic E-state index is 9.96. The highest BCUT2D eigenvalue weighted by Crippen LogP contribution is 2.45. The van der Waals surface area contributed by atoms with E-state index in [2.05, 4.69) is 58.0 Å². The SMILES string of the molecule is CCCCCCCCCCC1(C#N)CCC(c2ccc(OCCC(C)CCCC(C)C)cc2)CC1. The van der Waals surface area contributed by atoms with Crippen LogP contribution < -0.4 is 4.74 Å². The summed E-state index contributed by atoms with van der Waals surface area (Å²) in [5, 5.41) is 9.96. The zero-order valence-corrected chi connectivity index (χ0v) is 23.6. The molecule has 2 nitrogen and oxygen atoms in total. The first-order valence-electron chi connectivity index (χ1n) is 15.1. The van der Waals surface area contributed by atoms with Gasteiger partial charge in [-0.15, -0.1) is 0 Å². The van der Waals surface area contributed by atoms with Crippen molar-refractivity contribution in [3.05, 3.63) is 29.8 Å². The van der Waals surface area contributed by atoms with Crippen molar-refractivity contribution in [2.75, 3.05) is 6.61 Å². The van der Waals surface area contributed by atoms with Gasteiger partial charge in [-0.1, -0.05) is 110 Å².